The molecule has 0 bridgehead atoms. The zero-order chi connectivity index (χ0) is 17.6. The van der Waals surface area contributed by atoms with Gasteiger partial charge in [-0.15, -0.1) is 0 Å². The van der Waals surface area contributed by atoms with E-state index in [9.17, 15) is 4.39 Å². The molecule has 0 aliphatic carbocycles. The quantitative estimate of drug-likeness (QED) is 0.543. The number of ether oxygens (including phenoxy) is 1. The van der Waals surface area contributed by atoms with Crippen molar-refractivity contribution < 1.29 is 9.13 Å². The van der Waals surface area contributed by atoms with Gasteiger partial charge in [-0.3, -0.25) is 4.99 Å². The number of aliphatic imine (C=N–C) groups is 1. The van der Waals surface area contributed by atoms with E-state index in [0.717, 1.165) is 28.1 Å². The minimum atomic E-state index is -0.240. The number of hydrogen-bond acceptors (Lipinski definition) is 2. The fourth-order valence-electron chi connectivity index (χ4n) is 2.40. The van der Waals surface area contributed by atoms with Crippen LogP contribution in [0.3, 0.4) is 0 Å². The summed E-state index contributed by atoms with van der Waals surface area (Å²) < 4.78 is 18.6. The van der Waals surface area contributed by atoms with Gasteiger partial charge in [0.25, 0.3) is 0 Å². The molecule has 3 aromatic rings. The molecule has 0 saturated carbocycles. The number of hydrogen-bond donors (Lipinski definition) is 0. The third kappa shape index (κ3) is 4.77. The average molecular weight is 333 g/mol. The highest BCUT2D eigenvalue weighted by atomic mass is 19.1. The van der Waals surface area contributed by atoms with Gasteiger partial charge in [0.1, 0.15) is 18.2 Å². The van der Waals surface area contributed by atoms with Gasteiger partial charge >= 0.3 is 0 Å². The topological polar surface area (TPSA) is 21.6 Å². The molecule has 0 atom stereocenters. The molecule has 0 unspecified atom stereocenters. The van der Waals surface area contributed by atoms with Crippen LogP contribution in [0.5, 0.6) is 5.75 Å². The van der Waals surface area contributed by atoms with E-state index in [-0.39, 0.29) is 5.82 Å². The van der Waals surface area contributed by atoms with Crippen molar-refractivity contribution in [3.8, 4) is 5.75 Å². The van der Waals surface area contributed by atoms with Crippen LogP contribution in [0.15, 0.2) is 71.7 Å². The Labute approximate surface area is 147 Å². The first-order valence-corrected chi connectivity index (χ1v) is 8.19. The maximum absolute atomic E-state index is 12.9. The fourth-order valence-corrected chi connectivity index (χ4v) is 2.40. The molecule has 0 saturated heterocycles. The molecule has 0 N–H and O–H groups in total. The molecule has 0 aliphatic heterocycles. The Morgan fingerprint density at radius 1 is 0.920 bits per heavy atom. The molecule has 0 radical (unpaired) electrons. The summed E-state index contributed by atoms with van der Waals surface area (Å²) in [4.78, 5) is 4.57. The van der Waals surface area contributed by atoms with Crippen molar-refractivity contribution in [1.29, 1.82) is 0 Å². The number of aryl methyl sites for hydroxylation is 2. The minimum Gasteiger partial charge on any atom is -0.489 e. The van der Waals surface area contributed by atoms with Gasteiger partial charge < -0.3 is 4.74 Å². The first kappa shape index (κ1) is 16.9. The Morgan fingerprint density at radius 3 is 2.36 bits per heavy atom. The third-order valence-corrected chi connectivity index (χ3v) is 3.92. The van der Waals surface area contributed by atoms with E-state index >= 15 is 0 Å². The molecule has 0 aliphatic rings. The van der Waals surface area contributed by atoms with Crippen LogP contribution >= 0.6 is 0 Å². The van der Waals surface area contributed by atoms with Gasteiger partial charge in [0.05, 0.1) is 5.69 Å². The predicted molar refractivity (Wildman–Crippen MR) is 100 cm³/mol. The van der Waals surface area contributed by atoms with Crippen molar-refractivity contribution in [1.82, 2.24) is 0 Å². The summed E-state index contributed by atoms with van der Waals surface area (Å²) in [5.41, 5.74) is 5.28. The number of halogens is 1. The van der Waals surface area contributed by atoms with Crippen LogP contribution < -0.4 is 4.74 Å². The highest BCUT2D eigenvalue weighted by molar-refractivity contribution is 5.82. The van der Waals surface area contributed by atoms with Crippen LogP contribution in [-0.4, -0.2) is 6.21 Å². The molecule has 2 nitrogen and oxygen atoms in total. The van der Waals surface area contributed by atoms with Crippen LogP contribution in [0.2, 0.25) is 0 Å². The zero-order valence-electron chi connectivity index (χ0n) is 14.4. The van der Waals surface area contributed by atoms with Crippen LogP contribution in [0, 0.1) is 19.7 Å². The number of benzene rings is 3. The Bertz CT molecular complexity index is 868. The largest absolute Gasteiger partial charge is 0.489 e. The van der Waals surface area contributed by atoms with Crippen LogP contribution in [0.25, 0.3) is 0 Å². The molecule has 3 heteroatoms. The van der Waals surface area contributed by atoms with Gasteiger partial charge in [-0.05, 0) is 78.6 Å². The molecule has 25 heavy (non-hydrogen) atoms. The van der Waals surface area contributed by atoms with E-state index in [1.54, 1.807) is 12.1 Å². The molecule has 3 aromatic carbocycles. The maximum Gasteiger partial charge on any atom is 0.123 e. The summed E-state index contributed by atoms with van der Waals surface area (Å²) >= 11 is 0. The van der Waals surface area contributed by atoms with Crippen LogP contribution in [0.1, 0.15) is 22.3 Å². The van der Waals surface area contributed by atoms with Gasteiger partial charge in [0.15, 0.2) is 0 Å². The van der Waals surface area contributed by atoms with Gasteiger partial charge in [0, 0.05) is 6.21 Å². The van der Waals surface area contributed by atoms with Gasteiger partial charge in [0.2, 0.25) is 0 Å². The van der Waals surface area contributed by atoms with Crippen LogP contribution in [-0.2, 0) is 6.61 Å². The summed E-state index contributed by atoms with van der Waals surface area (Å²) in [6, 6.07) is 20.3. The summed E-state index contributed by atoms with van der Waals surface area (Å²) in [6.07, 6.45) is 1.85. The van der Waals surface area contributed by atoms with E-state index in [1.165, 1.54) is 17.7 Å². The number of nitrogens with zero attached hydrogens (tertiary/aromatic N) is 1. The smallest absolute Gasteiger partial charge is 0.123 e. The van der Waals surface area contributed by atoms with Crippen molar-refractivity contribution in [2.24, 2.45) is 4.99 Å². The van der Waals surface area contributed by atoms with E-state index in [4.69, 9.17) is 4.74 Å². The standard InChI is InChI=1S/C22H20FNO/c1-16-3-4-17(2)22(13-16)24-14-18-7-11-21(12-8-18)25-15-19-5-9-20(23)10-6-19/h3-14H,15H2,1-2H3. The average Bonchev–Trinajstić information content (AvgIpc) is 2.63. The summed E-state index contributed by atoms with van der Waals surface area (Å²) in [6.45, 7) is 4.53. The second-order valence-electron chi connectivity index (χ2n) is 6.03. The highest BCUT2D eigenvalue weighted by Gasteiger charge is 1.99. The lowest BCUT2D eigenvalue weighted by Crippen LogP contribution is -1.95. The third-order valence-electron chi connectivity index (χ3n) is 3.92. The van der Waals surface area contributed by atoms with Crippen LogP contribution in [0.4, 0.5) is 10.1 Å². The van der Waals surface area contributed by atoms with Gasteiger partial charge in [-0.25, -0.2) is 4.39 Å². The lowest BCUT2D eigenvalue weighted by atomic mass is 10.1. The van der Waals surface area contributed by atoms with E-state index in [2.05, 4.69) is 37.0 Å². The Balaban J connectivity index is 1.62. The second kappa shape index (κ2) is 7.75. The first-order chi connectivity index (χ1) is 12.1. The normalized spacial score (nSPS) is 11.0. The van der Waals surface area contributed by atoms with Crippen molar-refractivity contribution in [3.05, 3.63) is 94.8 Å². The second-order valence-corrected chi connectivity index (χ2v) is 6.03. The highest BCUT2D eigenvalue weighted by Crippen LogP contribution is 2.20. The molecule has 126 valence electrons. The Kier molecular flexibility index (Phi) is 5.24. The Hall–Kier alpha value is -2.94. The Morgan fingerprint density at radius 2 is 1.64 bits per heavy atom. The van der Waals surface area contributed by atoms with Crippen molar-refractivity contribution >= 4 is 11.9 Å². The SMILES string of the molecule is Cc1ccc(C)c(N=Cc2ccc(OCc3ccc(F)cc3)cc2)c1. The van der Waals surface area contributed by atoms with Crippen molar-refractivity contribution in [3.63, 3.8) is 0 Å². The van der Waals surface area contributed by atoms with Gasteiger partial charge in [-0.1, -0.05) is 24.3 Å². The lowest BCUT2D eigenvalue weighted by Gasteiger charge is -2.06. The molecule has 0 amide bonds. The molecule has 0 heterocycles. The summed E-state index contributed by atoms with van der Waals surface area (Å²) in [7, 11) is 0. The number of rotatable bonds is 5. The molecular formula is C22H20FNO. The zero-order valence-corrected chi connectivity index (χ0v) is 14.4. The molecule has 0 aromatic heterocycles. The summed E-state index contributed by atoms with van der Waals surface area (Å²) in [5.74, 6) is 0.532. The molecule has 0 fully saturated rings. The summed E-state index contributed by atoms with van der Waals surface area (Å²) in [5, 5.41) is 0. The fraction of sp³-hybridized carbons (Fsp3) is 0.136. The monoisotopic (exact) mass is 333 g/mol. The van der Waals surface area contributed by atoms with E-state index < -0.39 is 0 Å². The molecule has 3 rings (SSSR count). The van der Waals surface area contributed by atoms with Crippen molar-refractivity contribution in [2.45, 2.75) is 20.5 Å². The van der Waals surface area contributed by atoms with Crippen molar-refractivity contribution in [2.75, 3.05) is 0 Å². The molecular weight excluding hydrogens is 313 g/mol. The first-order valence-electron chi connectivity index (χ1n) is 8.19. The molecule has 0 spiro atoms. The predicted octanol–water partition coefficient (Wildman–Crippen LogP) is 5.77. The van der Waals surface area contributed by atoms with Gasteiger partial charge in [-0.2, -0.15) is 0 Å². The van der Waals surface area contributed by atoms with E-state index in [0.29, 0.717) is 6.61 Å². The van der Waals surface area contributed by atoms with E-state index in [1.807, 2.05) is 30.5 Å². The minimum absolute atomic E-state index is 0.240. The lowest BCUT2D eigenvalue weighted by molar-refractivity contribution is 0.306. The maximum atomic E-state index is 12.9.